The standard InChI is InChI=1S/C65H66N3O.Pt/c1-41-35-48(62(2,3)4)29-31-51(41)44-27-25-42(26-28-44)45-33-34-66-56(37-45)47-22-17-21-46(36-47)52-23-18-24-58-59(52)67-61(54-39-50(64(8,9)10)40-55(60(54)69)65(11,12)13)68(58)57-32-30-49(63(5,6)7)38-53(57)43-19-15-14-16-20-43;/h14-35,37-40,69H,1-13H3;/q-1;. The van der Waals surface area contributed by atoms with Gasteiger partial charge in [0.1, 0.15) is 11.6 Å². The zero-order valence-corrected chi connectivity index (χ0v) is 45.4. The summed E-state index contributed by atoms with van der Waals surface area (Å²) in [7, 11) is 0. The first kappa shape index (κ1) is 50.0. The largest absolute Gasteiger partial charge is 0.507 e. The third kappa shape index (κ3) is 9.86. The second-order valence-corrected chi connectivity index (χ2v) is 23.0. The normalized spacial score (nSPS) is 12.3. The van der Waals surface area contributed by atoms with Gasteiger partial charge in [-0.05, 0) is 109 Å². The molecule has 0 unspecified atom stereocenters. The first-order valence-electron chi connectivity index (χ1n) is 24.4. The Morgan fingerprint density at radius 3 is 1.73 bits per heavy atom. The zero-order valence-electron chi connectivity index (χ0n) is 43.1. The molecule has 0 spiro atoms. The molecule has 358 valence electrons. The van der Waals surface area contributed by atoms with Crippen LogP contribution in [0.15, 0.2) is 158 Å². The van der Waals surface area contributed by atoms with E-state index in [4.69, 9.17) is 9.97 Å². The number of para-hydroxylation sites is 1. The molecular formula is C65H66N3OPt-. The van der Waals surface area contributed by atoms with Crippen molar-refractivity contribution in [3.05, 3.63) is 192 Å². The molecule has 0 aliphatic heterocycles. The molecule has 0 atom stereocenters. The van der Waals surface area contributed by atoms with Gasteiger partial charge in [-0.25, -0.2) is 4.98 Å². The van der Waals surface area contributed by atoms with E-state index in [0.29, 0.717) is 11.4 Å². The van der Waals surface area contributed by atoms with Crippen LogP contribution < -0.4 is 0 Å². The van der Waals surface area contributed by atoms with Crippen LogP contribution in [0.1, 0.15) is 111 Å². The van der Waals surface area contributed by atoms with Crippen molar-refractivity contribution >= 4 is 11.0 Å². The van der Waals surface area contributed by atoms with E-state index in [0.717, 1.165) is 72.5 Å². The Balaban J connectivity index is 0.00000659. The van der Waals surface area contributed by atoms with E-state index in [1.807, 2.05) is 6.20 Å². The van der Waals surface area contributed by atoms with Crippen molar-refractivity contribution in [2.24, 2.45) is 0 Å². The van der Waals surface area contributed by atoms with Gasteiger partial charge in [0.25, 0.3) is 0 Å². The van der Waals surface area contributed by atoms with Crippen molar-refractivity contribution in [1.29, 1.82) is 0 Å². The molecule has 4 nitrogen and oxygen atoms in total. The van der Waals surface area contributed by atoms with Crippen molar-refractivity contribution in [3.8, 4) is 78.6 Å². The molecule has 1 N–H and O–H groups in total. The molecule has 2 aromatic heterocycles. The summed E-state index contributed by atoms with van der Waals surface area (Å²) in [5.74, 6) is 0.932. The van der Waals surface area contributed by atoms with Gasteiger partial charge >= 0.3 is 0 Å². The molecule has 9 aromatic rings. The predicted molar refractivity (Wildman–Crippen MR) is 292 cm³/mol. The van der Waals surface area contributed by atoms with Crippen LogP contribution in [0, 0.1) is 13.0 Å². The van der Waals surface area contributed by atoms with E-state index in [1.54, 1.807) is 0 Å². The maximum atomic E-state index is 12.5. The molecule has 0 saturated heterocycles. The Morgan fingerprint density at radius 2 is 1.07 bits per heavy atom. The van der Waals surface area contributed by atoms with Crippen molar-refractivity contribution in [2.75, 3.05) is 0 Å². The van der Waals surface area contributed by atoms with Crippen LogP contribution in [0.5, 0.6) is 5.75 Å². The summed E-state index contributed by atoms with van der Waals surface area (Å²) in [6.45, 7) is 28.9. The zero-order chi connectivity index (χ0) is 49.2. The first-order chi connectivity index (χ1) is 32.6. The summed E-state index contributed by atoms with van der Waals surface area (Å²) in [4.78, 5) is 10.5. The minimum absolute atomic E-state index is 0. The second-order valence-electron chi connectivity index (χ2n) is 23.0. The van der Waals surface area contributed by atoms with E-state index in [2.05, 4.69) is 252 Å². The minimum atomic E-state index is -0.326. The number of nitrogens with zero attached hydrogens (tertiary/aromatic N) is 3. The number of benzene rings is 7. The van der Waals surface area contributed by atoms with Crippen molar-refractivity contribution in [2.45, 2.75) is 112 Å². The number of phenols is 1. The Morgan fingerprint density at radius 1 is 0.471 bits per heavy atom. The van der Waals surface area contributed by atoms with E-state index in [1.165, 1.54) is 27.8 Å². The van der Waals surface area contributed by atoms with Crippen molar-refractivity contribution < 1.29 is 26.2 Å². The van der Waals surface area contributed by atoms with Gasteiger partial charge < -0.3 is 5.11 Å². The number of hydrogen-bond donors (Lipinski definition) is 1. The van der Waals surface area contributed by atoms with E-state index in [9.17, 15) is 5.11 Å². The van der Waals surface area contributed by atoms with Gasteiger partial charge in [-0.2, -0.15) is 0 Å². The summed E-state index contributed by atoms with van der Waals surface area (Å²) in [5.41, 5.74) is 19.3. The molecule has 9 rings (SSSR count). The number of pyridine rings is 1. The number of aryl methyl sites for hydroxylation is 1. The molecule has 0 aliphatic rings. The fraction of sp³-hybridized carbons (Fsp3) is 0.262. The summed E-state index contributed by atoms with van der Waals surface area (Å²) >= 11 is 0. The van der Waals surface area contributed by atoms with Crippen LogP contribution >= 0.6 is 0 Å². The number of hydrogen-bond acceptors (Lipinski definition) is 3. The molecule has 0 saturated carbocycles. The molecule has 7 aromatic carbocycles. The van der Waals surface area contributed by atoms with Gasteiger partial charge in [-0.1, -0.05) is 197 Å². The van der Waals surface area contributed by atoms with Crippen LogP contribution in [0.25, 0.3) is 83.9 Å². The number of aromatic nitrogens is 3. The average Bonchev–Trinajstić information content (AvgIpc) is 3.70. The summed E-state index contributed by atoms with van der Waals surface area (Å²) in [6, 6.07) is 58.1. The van der Waals surface area contributed by atoms with Crippen molar-refractivity contribution in [1.82, 2.24) is 14.5 Å². The van der Waals surface area contributed by atoms with Gasteiger partial charge in [0, 0.05) is 44.1 Å². The van der Waals surface area contributed by atoms with E-state index >= 15 is 0 Å². The van der Waals surface area contributed by atoms with Crippen LogP contribution in [-0.2, 0) is 42.7 Å². The Labute approximate surface area is 431 Å². The molecular weight excluding hydrogens is 1030 g/mol. The van der Waals surface area contributed by atoms with Crippen molar-refractivity contribution in [3.63, 3.8) is 0 Å². The third-order valence-corrected chi connectivity index (χ3v) is 13.6. The molecule has 0 radical (unpaired) electrons. The second kappa shape index (κ2) is 18.8. The molecule has 0 aliphatic carbocycles. The Bertz CT molecular complexity index is 3370. The number of phenolic OH excluding ortho intramolecular Hbond substituents is 1. The maximum absolute atomic E-state index is 12.5. The SMILES string of the molecule is Cc1cc(C(C)(C)C)ccc1-c1ccc(-c2ccnc(-c3[c-]c(-c4cccc5c4nc(-c4cc(C(C)(C)C)cc(C(C)(C)C)c4O)n5-c4ccc(C(C)(C)C)cc4-c4ccccc4)ccc3)c2)cc1.[Pt]. The topological polar surface area (TPSA) is 50.9 Å². The quantitative estimate of drug-likeness (QED) is 0.162. The molecule has 2 heterocycles. The third-order valence-electron chi connectivity index (χ3n) is 13.6. The fourth-order valence-corrected chi connectivity index (χ4v) is 9.43. The Hall–Kier alpha value is -6.35. The van der Waals surface area contributed by atoms with Gasteiger partial charge in [-0.15, -0.1) is 29.8 Å². The van der Waals surface area contributed by atoms with Crippen LogP contribution in [0.2, 0.25) is 0 Å². The smallest absolute Gasteiger partial charge is 0.148 e. The Kier molecular flexibility index (Phi) is 13.4. The summed E-state index contributed by atoms with van der Waals surface area (Å²) in [5, 5.41) is 12.5. The molecule has 0 bridgehead atoms. The van der Waals surface area contributed by atoms with E-state index < -0.39 is 0 Å². The van der Waals surface area contributed by atoms with Crippen LogP contribution in [0.3, 0.4) is 0 Å². The van der Waals surface area contributed by atoms with Crippen LogP contribution in [-0.4, -0.2) is 19.6 Å². The minimum Gasteiger partial charge on any atom is -0.507 e. The predicted octanol–water partition coefficient (Wildman–Crippen LogP) is 17.4. The number of rotatable bonds is 7. The van der Waals surface area contributed by atoms with E-state index in [-0.39, 0.29) is 48.5 Å². The van der Waals surface area contributed by atoms with Gasteiger partial charge in [0.05, 0.1) is 22.3 Å². The van der Waals surface area contributed by atoms with Gasteiger partial charge in [0.2, 0.25) is 0 Å². The number of aromatic hydroxyl groups is 1. The summed E-state index contributed by atoms with van der Waals surface area (Å²) in [6.07, 6.45) is 1.89. The van der Waals surface area contributed by atoms with Gasteiger partial charge in [-0.3, -0.25) is 9.55 Å². The molecule has 0 fully saturated rings. The van der Waals surface area contributed by atoms with Gasteiger partial charge in [0.15, 0.2) is 0 Å². The van der Waals surface area contributed by atoms with Crippen LogP contribution in [0.4, 0.5) is 0 Å². The summed E-state index contributed by atoms with van der Waals surface area (Å²) < 4.78 is 2.27. The molecule has 70 heavy (non-hydrogen) atoms. The first-order valence-corrected chi connectivity index (χ1v) is 24.4. The molecule has 0 amide bonds. The number of imidazole rings is 1. The monoisotopic (exact) mass is 1100 g/mol. The maximum Gasteiger partial charge on any atom is 0.148 e. The molecule has 5 heteroatoms. The number of fused-ring (bicyclic) bond motifs is 1. The average molecular weight is 1100 g/mol. The fourth-order valence-electron chi connectivity index (χ4n) is 9.43.